The van der Waals surface area contributed by atoms with E-state index in [1.54, 1.807) is 18.2 Å². The van der Waals surface area contributed by atoms with Gasteiger partial charge < -0.3 is 20.7 Å². The van der Waals surface area contributed by atoms with Crippen molar-refractivity contribution in [2.75, 3.05) is 22.5 Å². The second-order valence-corrected chi connectivity index (χ2v) is 7.27. The lowest BCUT2D eigenvalue weighted by molar-refractivity contribution is -0.117. The maximum Gasteiger partial charge on any atom is 0.246 e. The molecule has 1 amide bonds. The first-order valence-electron chi connectivity index (χ1n) is 8.17. The van der Waals surface area contributed by atoms with Gasteiger partial charge in [-0.2, -0.15) is 0 Å². The number of amides is 1. The van der Waals surface area contributed by atoms with Crippen LogP contribution in [0.2, 0.25) is 5.02 Å². The van der Waals surface area contributed by atoms with E-state index in [9.17, 15) is 4.79 Å². The first-order valence-corrected chi connectivity index (χ1v) is 8.55. The third-order valence-electron chi connectivity index (χ3n) is 4.21. The highest BCUT2D eigenvalue weighted by molar-refractivity contribution is 6.33. The SMILES string of the molecule is CC(C(=O)Nc1ccccc1Cl)N1CC(C)(C)Oc2cc(N)ccc21. The summed E-state index contributed by atoms with van der Waals surface area (Å²) in [4.78, 5) is 14.8. The number of ether oxygens (including phenoxy) is 1. The number of para-hydroxylation sites is 1. The standard InChI is InChI=1S/C19H22ClN3O2/c1-12(18(24)22-15-7-5-4-6-14(15)20)23-11-19(2,3)25-17-10-13(21)8-9-16(17)23/h4-10,12H,11,21H2,1-3H3,(H,22,24). The first-order chi connectivity index (χ1) is 11.8. The van der Waals surface area contributed by atoms with Crippen molar-refractivity contribution in [3.8, 4) is 5.75 Å². The Bertz CT molecular complexity index is 807. The third-order valence-corrected chi connectivity index (χ3v) is 4.54. The van der Waals surface area contributed by atoms with Crippen LogP contribution in [0.25, 0.3) is 0 Å². The van der Waals surface area contributed by atoms with E-state index in [4.69, 9.17) is 22.1 Å². The number of hydrogen-bond acceptors (Lipinski definition) is 4. The largest absolute Gasteiger partial charge is 0.484 e. The number of halogens is 1. The third kappa shape index (κ3) is 3.66. The van der Waals surface area contributed by atoms with Gasteiger partial charge in [0.05, 0.1) is 22.9 Å². The quantitative estimate of drug-likeness (QED) is 0.815. The highest BCUT2D eigenvalue weighted by atomic mass is 35.5. The number of carbonyl (C=O) groups excluding carboxylic acids is 1. The second kappa shape index (κ2) is 6.48. The number of hydrogen-bond donors (Lipinski definition) is 2. The minimum absolute atomic E-state index is 0.131. The van der Waals surface area contributed by atoms with Crippen LogP contribution >= 0.6 is 11.6 Å². The molecule has 0 bridgehead atoms. The minimum atomic E-state index is -0.431. The summed E-state index contributed by atoms with van der Waals surface area (Å²) in [5.41, 5.74) is 7.54. The molecule has 0 aliphatic carbocycles. The van der Waals surface area contributed by atoms with E-state index in [2.05, 4.69) is 5.32 Å². The predicted octanol–water partition coefficient (Wildman–Crippen LogP) is 3.93. The summed E-state index contributed by atoms with van der Waals surface area (Å²) in [6.45, 7) is 6.43. The van der Waals surface area contributed by atoms with Gasteiger partial charge in [0.1, 0.15) is 17.4 Å². The molecule has 0 saturated carbocycles. The second-order valence-electron chi connectivity index (χ2n) is 6.86. The molecule has 2 aromatic carbocycles. The number of rotatable bonds is 3. The van der Waals surface area contributed by atoms with Crippen LogP contribution in [-0.2, 0) is 4.79 Å². The number of anilines is 3. The summed E-state index contributed by atoms with van der Waals surface area (Å²) in [6, 6.07) is 12.3. The van der Waals surface area contributed by atoms with Crippen molar-refractivity contribution < 1.29 is 9.53 Å². The normalized spacial score (nSPS) is 16.6. The zero-order valence-corrected chi connectivity index (χ0v) is 15.3. The minimum Gasteiger partial charge on any atom is -0.484 e. The number of carbonyl (C=O) groups is 1. The number of nitrogen functional groups attached to an aromatic ring is 1. The van der Waals surface area contributed by atoms with Gasteiger partial charge in [0.2, 0.25) is 5.91 Å². The van der Waals surface area contributed by atoms with E-state index in [1.165, 1.54) is 0 Å². The topological polar surface area (TPSA) is 67.6 Å². The van der Waals surface area contributed by atoms with Crippen molar-refractivity contribution >= 4 is 34.6 Å². The van der Waals surface area contributed by atoms with E-state index in [0.29, 0.717) is 28.7 Å². The van der Waals surface area contributed by atoms with Gasteiger partial charge in [-0.1, -0.05) is 23.7 Å². The zero-order chi connectivity index (χ0) is 18.2. The molecule has 132 valence electrons. The molecule has 1 aliphatic heterocycles. The van der Waals surface area contributed by atoms with Crippen LogP contribution < -0.4 is 20.7 Å². The van der Waals surface area contributed by atoms with Crippen molar-refractivity contribution in [2.45, 2.75) is 32.4 Å². The van der Waals surface area contributed by atoms with Crippen molar-refractivity contribution in [2.24, 2.45) is 0 Å². The van der Waals surface area contributed by atoms with Crippen LogP contribution in [0.4, 0.5) is 17.1 Å². The van der Waals surface area contributed by atoms with E-state index in [-0.39, 0.29) is 5.91 Å². The molecule has 1 atom stereocenters. The maximum atomic E-state index is 12.8. The summed E-state index contributed by atoms with van der Waals surface area (Å²) >= 11 is 6.14. The molecular weight excluding hydrogens is 338 g/mol. The fraction of sp³-hybridized carbons (Fsp3) is 0.316. The molecule has 1 aliphatic rings. The fourth-order valence-corrected chi connectivity index (χ4v) is 3.14. The van der Waals surface area contributed by atoms with Crippen molar-refractivity contribution in [1.29, 1.82) is 0 Å². The molecule has 6 heteroatoms. The van der Waals surface area contributed by atoms with Crippen LogP contribution in [0.1, 0.15) is 20.8 Å². The van der Waals surface area contributed by atoms with Gasteiger partial charge in [-0.25, -0.2) is 0 Å². The maximum absolute atomic E-state index is 12.8. The van der Waals surface area contributed by atoms with Crippen molar-refractivity contribution in [3.05, 3.63) is 47.5 Å². The lowest BCUT2D eigenvalue weighted by atomic mass is 10.0. The molecule has 5 nitrogen and oxygen atoms in total. The van der Waals surface area contributed by atoms with Gasteiger partial charge >= 0.3 is 0 Å². The molecule has 1 unspecified atom stereocenters. The van der Waals surface area contributed by atoms with Crippen LogP contribution in [0.15, 0.2) is 42.5 Å². The predicted molar refractivity (Wildman–Crippen MR) is 102 cm³/mol. The number of nitrogens with two attached hydrogens (primary N) is 1. The molecule has 0 aromatic heterocycles. The zero-order valence-electron chi connectivity index (χ0n) is 14.5. The summed E-state index contributed by atoms with van der Waals surface area (Å²) in [7, 11) is 0. The Kier molecular flexibility index (Phi) is 4.52. The Morgan fingerprint density at radius 2 is 2.04 bits per heavy atom. The fourth-order valence-electron chi connectivity index (χ4n) is 2.96. The molecule has 0 saturated heterocycles. The number of nitrogens with zero attached hydrogens (tertiary/aromatic N) is 1. The summed E-state index contributed by atoms with van der Waals surface area (Å²) in [5, 5.41) is 3.41. The number of fused-ring (bicyclic) bond motifs is 1. The molecule has 3 rings (SSSR count). The van der Waals surface area contributed by atoms with Gasteiger partial charge in [0.25, 0.3) is 0 Å². The monoisotopic (exact) mass is 359 g/mol. The van der Waals surface area contributed by atoms with Crippen LogP contribution in [0.3, 0.4) is 0 Å². The smallest absolute Gasteiger partial charge is 0.246 e. The molecule has 0 spiro atoms. The van der Waals surface area contributed by atoms with Crippen LogP contribution in [0.5, 0.6) is 5.75 Å². The first kappa shape index (κ1) is 17.4. The average molecular weight is 360 g/mol. The van der Waals surface area contributed by atoms with Crippen LogP contribution in [0, 0.1) is 0 Å². The molecular formula is C19H22ClN3O2. The summed E-state index contributed by atoms with van der Waals surface area (Å²) < 4.78 is 6.02. The van der Waals surface area contributed by atoms with Gasteiger partial charge in [-0.15, -0.1) is 0 Å². The molecule has 0 fully saturated rings. The average Bonchev–Trinajstić information content (AvgIpc) is 2.54. The van der Waals surface area contributed by atoms with E-state index < -0.39 is 11.6 Å². The van der Waals surface area contributed by atoms with Gasteiger partial charge in [-0.3, -0.25) is 4.79 Å². The van der Waals surface area contributed by atoms with Crippen molar-refractivity contribution in [1.82, 2.24) is 0 Å². The highest BCUT2D eigenvalue weighted by Crippen LogP contribution is 2.39. The Hall–Kier alpha value is -2.40. The summed E-state index contributed by atoms with van der Waals surface area (Å²) in [6.07, 6.45) is 0. The molecule has 2 aromatic rings. The number of nitrogens with one attached hydrogen (secondary N) is 1. The Morgan fingerprint density at radius 1 is 1.32 bits per heavy atom. The van der Waals surface area contributed by atoms with Gasteiger partial charge in [0, 0.05) is 11.8 Å². The lowest BCUT2D eigenvalue weighted by Crippen LogP contribution is -2.53. The van der Waals surface area contributed by atoms with E-state index in [0.717, 1.165) is 5.69 Å². The Morgan fingerprint density at radius 3 is 2.76 bits per heavy atom. The molecule has 1 heterocycles. The lowest BCUT2D eigenvalue weighted by Gasteiger charge is -2.43. The summed E-state index contributed by atoms with van der Waals surface area (Å²) in [5.74, 6) is 0.558. The van der Waals surface area contributed by atoms with Crippen molar-refractivity contribution in [3.63, 3.8) is 0 Å². The van der Waals surface area contributed by atoms with Crippen LogP contribution in [-0.4, -0.2) is 24.1 Å². The van der Waals surface area contributed by atoms with Gasteiger partial charge in [-0.05, 0) is 45.0 Å². The molecule has 0 radical (unpaired) electrons. The van der Waals surface area contributed by atoms with E-state index >= 15 is 0 Å². The number of benzene rings is 2. The Balaban J connectivity index is 1.87. The highest BCUT2D eigenvalue weighted by Gasteiger charge is 2.36. The Labute approximate surface area is 152 Å². The van der Waals surface area contributed by atoms with Gasteiger partial charge in [0.15, 0.2) is 0 Å². The van der Waals surface area contributed by atoms with E-state index in [1.807, 2.05) is 49.9 Å². The molecule has 3 N–H and O–H groups in total. The molecule has 25 heavy (non-hydrogen) atoms.